The van der Waals surface area contributed by atoms with Crippen molar-refractivity contribution < 1.29 is 4.79 Å². The summed E-state index contributed by atoms with van der Waals surface area (Å²) in [5.74, 6) is 0. The molecular weight excluding hydrogens is 740 g/mol. The minimum Gasteiger partial charge on any atom is -0.398 e. The largest absolute Gasteiger partial charge is 0.398 e. The number of carbonyl (C=O) groups excluding carboxylic acids is 1. The summed E-state index contributed by atoms with van der Waals surface area (Å²) in [7, 11) is 0. The number of nitrogen functional groups attached to an aromatic ring is 1. The molecule has 0 fully saturated rings. The van der Waals surface area contributed by atoms with Crippen molar-refractivity contribution in [2.24, 2.45) is 0 Å². The molecule has 0 atom stereocenters. The number of carbonyl (C=O) groups is 1. The third kappa shape index (κ3) is 8.84. The van der Waals surface area contributed by atoms with Crippen molar-refractivity contribution in [3.05, 3.63) is 108 Å². The van der Waals surface area contributed by atoms with Gasteiger partial charge < -0.3 is 5.73 Å². The summed E-state index contributed by atoms with van der Waals surface area (Å²) in [6.07, 6.45) is 0.815. The van der Waals surface area contributed by atoms with Crippen molar-refractivity contribution >= 4 is 110 Å². The summed E-state index contributed by atoms with van der Waals surface area (Å²) in [6.45, 7) is 0. The van der Waals surface area contributed by atoms with Gasteiger partial charge in [0, 0.05) is 39.6 Å². The summed E-state index contributed by atoms with van der Waals surface area (Å²) in [5.41, 5.74) is 9.03. The monoisotopic (exact) mass is 754 g/mol. The Bertz CT molecular complexity index is 1360. The molecule has 4 aromatic carbocycles. The molecule has 0 unspecified atom stereocenters. The molecule has 0 aliphatic carbocycles. The van der Waals surface area contributed by atoms with E-state index >= 15 is 0 Å². The number of halogens is 4. The molecule has 35 heavy (non-hydrogen) atoms. The predicted octanol–water partition coefficient (Wildman–Crippen LogP) is 10.1. The first-order valence-corrected chi connectivity index (χ1v) is 14.5. The van der Waals surface area contributed by atoms with Crippen LogP contribution in [0, 0.1) is 0 Å². The molecule has 0 saturated heterocycles. The quantitative estimate of drug-likeness (QED) is 0.107. The summed E-state index contributed by atoms with van der Waals surface area (Å²) in [6, 6.07) is 27.3. The highest BCUT2D eigenvalue weighted by Gasteiger charge is 2.07. The van der Waals surface area contributed by atoms with Crippen LogP contribution in [-0.4, -0.2) is 11.3 Å². The Morgan fingerprint density at radius 1 is 0.771 bits per heavy atom. The summed E-state index contributed by atoms with van der Waals surface area (Å²) >= 11 is 19.3. The predicted molar refractivity (Wildman–Crippen MR) is 166 cm³/mol. The Labute approximate surface area is 247 Å². The fourth-order valence-corrected chi connectivity index (χ4v) is 6.54. The number of hydrogen-bond donors (Lipinski definition) is 2. The lowest BCUT2D eigenvalue weighted by Gasteiger charge is -1.98. The van der Waals surface area contributed by atoms with Gasteiger partial charge in [-0.1, -0.05) is 88.0 Å². The van der Waals surface area contributed by atoms with Crippen molar-refractivity contribution in [3.8, 4) is 10.6 Å². The molecule has 3 nitrogen and oxygen atoms in total. The van der Waals surface area contributed by atoms with Crippen molar-refractivity contribution in [2.75, 3.05) is 5.73 Å². The molecule has 0 amide bonds. The maximum atomic E-state index is 10.3. The number of benzene rings is 4. The Balaban J connectivity index is 0.000000162. The van der Waals surface area contributed by atoms with Crippen LogP contribution in [0.3, 0.4) is 0 Å². The number of aldehydes is 1. The van der Waals surface area contributed by atoms with Gasteiger partial charge in [-0.3, -0.25) is 4.79 Å². The first-order valence-electron chi connectivity index (χ1n) is 10.0. The Kier molecular flexibility index (Phi) is 11.0. The molecule has 0 aliphatic heterocycles. The molecule has 0 spiro atoms. The third-order valence-corrected chi connectivity index (χ3v) is 7.69. The third-order valence-electron chi connectivity index (χ3n) is 4.36. The van der Waals surface area contributed by atoms with E-state index in [-0.39, 0.29) is 0 Å². The SMILES string of the molecule is Brc1cc(Br)cc(-c2nc3ccccc3s2)c1.Nc1ccccc1S.O=Cc1cc(Br)cc(Br)c1. The fraction of sp³-hybridized carbons (Fsp3) is 0. The highest BCUT2D eigenvalue weighted by atomic mass is 79.9. The van der Waals surface area contributed by atoms with Gasteiger partial charge in [0.15, 0.2) is 0 Å². The first-order chi connectivity index (χ1) is 16.7. The van der Waals surface area contributed by atoms with Crippen LogP contribution in [-0.2, 0) is 0 Å². The second-order valence-corrected chi connectivity index (χ2v) is 12.2. The number of aromatic nitrogens is 1. The number of fused-ring (bicyclic) bond motifs is 1. The van der Waals surface area contributed by atoms with E-state index in [1.807, 2.05) is 54.6 Å². The average Bonchev–Trinajstić information content (AvgIpc) is 3.25. The van der Waals surface area contributed by atoms with Crippen molar-refractivity contribution in [3.63, 3.8) is 0 Å². The molecule has 0 saturated carbocycles. The number of thiazole rings is 1. The highest BCUT2D eigenvalue weighted by molar-refractivity contribution is 9.11. The molecular formula is C26H18Br4N2OS2. The van der Waals surface area contributed by atoms with E-state index < -0.39 is 0 Å². The minimum absolute atomic E-state index is 0.668. The zero-order valence-electron chi connectivity index (χ0n) is 18.0. The zero-order valence-corrected chi connectivity index (χ0v) is 26.0. The topological polar surface area (TPSA) is 56.0 Å². The first kappa shape index (κ1) is 28.1. The number of para-hydroxylation sites is 2. The lowest BCUT2D eigenvalue weighted by Crippen LogP contribution is -1.83. The van der Waals surface area contributed by atoms with Crippen LogP contribution in [0.25, 0.3) is 20.8 Å². The second-order valence-electron chi connectivity index (χ2n) is 7.02. The van der Waals surface area contributed by atoms with Crippen molar-refractivity contribution in [1.29, 1.82) is 0 Å². The molecule has 1 aromatic heterocycles. The summed E-state index contributed by atoms with van der Waals surface area (Å²) in [4.78, 5) is 15.8. The molecule has 0 aliphatic rings. The Hall–Kier alpha value is -1.49. The molecule has 1 heterocycles. The fourth-order valence-electron chi connectivity index (χ4n) is 2.80. The van der Waals surface area contributed by atoms with Gasteiger partial charge in [-0.2, -0.15) is 0 Å². The molecule has 2 N–H and O–H groups in total. The van der Waals surface area contributed by atoms with Crippen LogP contribution in [0.15, 0.2) is 108 Å². The van der Waals surface area contributed by atoms with E-state index in [1.54, 1.807) is 23.5 Å². The number of rotatable bonds is 2. The average molecular weight is 758 g/mol. The van der Waals surface area contributed by atoms with Crippen molar-refractivity contribution in [1.82, 2.24) is 4.98 Å². The van der Waals surface area contributed by atoms with Crippen molar-refractivity contribution in [2.45, 2.75) is 4.90 Å². The highest BCUT2D eigenvalue weighted by Crippen LogP contribution is 2.33. The standard InChI is InChI=1S/C13H7Br2NS.C7H4Br2O.C6H7NS/c14-9-5-8(6-10(15)7-9)13-16-11-3-1-2-4-12(11)17-13;8-6-1-5(4-10)2-7(9)3-6;7-5-3-1-2-4-6(5)8/h1-7H;1-4H;1-4,8H,7H2. The Morgan fingerprint density at radius 3 is 1.83 bits per heavy atom. The van der Waals surface area contributed by atoms with E-state index in [0.717, 1.165) is 50.8 Å². The smallest absolute Gasteiger partial charge is 0.150 e. The number of thiol groups is 1. The van der Waals surface area contributed by atoms with E-state index in [1.165, 1.54) is 4.70 Å². The summed E-state index contributed by atoms with van der Waals surface area (Å²) < 4.78 is 5.15. The molecule has 5 aromatic rings. The van der Waals surface area contributed by atoms with Crippen LogP contribution in [0.5, 0.6) is 0 Å². The molecule has 178 valence electrons. The van der Waals surface area contributed by atoms with Gasteiger partial charge in [0.2, 0.25) is 0 Å². The molecule has 5 rings (SSSR count). The molecule has 9 heteroatoms. The van der Waals surface area contributed by atoms with E-state index in [4.69, 9.17) is 5.73 Å². The van der Waals surface area contributed by atoms with Crippen LogP contribution < -0.4 is 5.73 Å². The number of nitrogens with zero attached hydrogens (tertiary/aromatic N) is 1. The zero-order chi connectivity index (χ0) is 25.4. The summed E-state index contributed by atoms with van der Waals surface area (Å²) in [5, 5.41) is 1.05. The second kappa shape index (κ2) is 13.7. The number of nitrogens with two attached hydrogens (primary N) is 1. The number of anilines is 1. The normalized spacial score (nSPS) is 10.1. The molecule has 0 radical (unpaired) electrons. The Morgan fingerprint density at radius 2 is 1.31 bits per heavy atom. The van der Waals surface area contributed by atoms with Gasteiger partial charge in [0.05, 0.1) is 10.2 Å². The maximum absolute atomic E-state index is 10.3. The number of hydrogen-bond acceptors (Lipinski definition) is 5. The van der Waals surface area contributed by atoms with Crippen LogP contribution >= 0.6 is 87.7 Å². The minimum atomic E-state index is 0.668. The lowest BCUT2D eigenvalue weighted by atomic mass is 10.2. The van der Waals surface area contributed by atoms with Crippen LogP contribution in [0.1, 0.15) is 10.4 Å². The van der Waals surface area contributed by atoms with Crippen LogP contribution in [0.4, 0.5) is 5.69 Å². The van der Waals surface area contributed by atoms with Gasteiger partial charge in [-0.25, -0.2) is 4.98 Å². The van der Waals surface area contributed by atoms with Gasteiger partial charge in [-0.15, -0.1) is 24.0 Å². The van der Waals surface area contributed by atoms with Gasteiger partial charge in [-0.05, 0) is 60.7 Å². The van der Waals surface area contributed by atoms with Gasteiger partial charge >= 0.3 is 0 Å². The van der Waals surface area contributed by atoms with E-state index in [2.05, 4.69) is 99.5 Å². The maximum Gasteiger partial charge on any atom is 0.150 e. The van der Waals surface area contributed by atoms with E-state index in [0.29, 0.717) is 5.56 Å². The molecule has 0 bridgehead atoms. The van der Waals surface area contributed by atoms with E-state index in [9.17, 15) is 4.79 Å². The van der Waals surface area contributed by atoms with Gasteiger partial charge in [0.25, 0.3) is 0 Å². The van der Waals surface area contributed by atoms with Gasteiger partial charge in [0.1, 0.15) is 11.3 Å². The van der Waals surface area contributed by atoms with Crippen LogP contribution in [0.2, 0.25) is 0 Å². The lowest BCUT2D eigenvalue weighted by molar-refractivity contribution is 0.112.